The van der Waals surface area contributed by atoms with Gasteiger partial charge in [0, 0.05) is 16.8 Å². The minimum Gasteiger partial charge on any atom is -0.475 e. The van der Waals surface area contributed by atoms with Crippen LogP contribution in [0.1, 0.15) is 11.1 Å². The summed E-state index contributed by atoms with van der Waals surface area (Å²) in [6.07, 6.45) is -4.82. The molecule has 10 nitrogen and oxygen atoms in total. The van der Waals surface area contributed by atoms with Gasteiger partial charge in [0.05, 0.1) is 10.6 Å². The van der Waals surface area contributed by atoms with Crippen molar-refractivity contribution in [3.63, 3.8) is 0 Å². The lowest BCUT2D eigenvalue weighted by Crippen LogP contribution is -2.21. The maximum absolute atomic E-state index is 12.4. The van der Waals surface area contributed by atoms with Crippen molar-refractivity contribution in [2.75, 3.05) is 10.5 Å². The van der Waals surface area contributed by atoms with Crippen molar-refractivity contribution in [3.8, 4) is 11.1 Å². The number of carboxylic acid groups (broad SMARTS) is 1. The van der Waals surface area contributed by atoms with E-state index in [9.17, 15) is 30.0 Å². The second-order valence-electron chi connectivity index (χ2n) is 7.71. The zero-order valence-electron chi connectivity index (χ0n) is 19.4. The number of aliphatic carboxylic acids is 1. The Labute approximate surface area is 216 Å². The number of carboxylic acids is 1. The van der Waals surface area contributed by atoms with Gasteiger partial charge in [0.25, 0.3) is 0 Å². The number of benzene rings is 3. The molecule has 204 valence electrons. The molecule has 0 bridgehead atoms. The molecule has 38 heavy (non-hydrogen) atoms. The molecule has 0 aliphatic heterocycles. The predicted octanol–water partition coefficient (Wildman–Crippen LogP) is 2.90. The summed E-state index contributed by atoms with van der Waals surface area (Å²) in [6.45, 7) is 0. The Morgan fingerprint density at radius 1 is 0.947 bits per heavy atom. The summed E-state index contributed by atoms with van der Waals surface area (Å²) in [4.78, 5) is 8.93. The molecule has 7 N–H and O–H groups in total. The Kier molecular flexibility index (Phi) is 9.61. The zero-order valence-corrected chi connectivity index (χ0v) is 21.1. The number of amidine groups is 1. The fourth-order valence-corrected chi connectivity index (χ4v) is 4.89. The number of anilines is 1. The molecule has 3 aromatic carbocycles. The van der Waals surface area contributed by atoms with Crippen LogP contribution in [0.2, 0.25) is 0 Å². The molecule has 0 unspecified atom stereocenters. The lowest BCUT2D eigenvalue weighted by molar-refractivity contribution is -0.192. The fourth-order valence-electron chi connectivity index (χ4n) is 3.04. The van der Waals surface area contributed by atoms with Crippen molar-refractivity contribution in [2.45, 2.75) is 17.5 Å². The Balaban J connectivity index is 0.000000638. The molecule has 15 heteroatoms. The smallest absolute Gasteiger partial charge is 0.475 e. The lowest BCUT2D eigenvalue weighted by Gasteiger charge is -2.10. The number of hydrogen-bond donors (Lipinski definition) is 5. The van der Waals surface area contributed by atoms with Crippen molar-refractivity contribution in [1.29, 1.82) is 5.41 Å². The zero-order chi connectivity index (χ0) is 28.7. The summed E-state index contributed by atoms with van der Waals surface area (Å²) in [5.41, 5.74) is 8.12. The Bertz CT molecular complexity index is 1530. The minimum absolute atomic E-state index is 0.0299. The molecule has 3 rings (SSSR count). The topological polar surface area (TPSA) is 193 Å². The Hall–Kier alpha value is -3.95. The normalized spacial score (nSPS) is 11.7. The molecule has 0 aliphatic carbocycles. The number of nitrogens with two attached hydrogens (primary N) is 2. The Morgan fingerprint density at radius 3 is 2.05 bits per heavy atom. The van der Waals surface area contributed by atoms with Gasteiger partial charge in [0.15, 0.2) is 0 Å². The van der Waals surface area contributed by atoms with Crippen LogP contribution in [0.5, 0.6) is 0 Å². The van der Waals surface area contributed by atoms with Crippen molar-refractivity contribution >= 4 is 37.5 Å². The SMILES string of the molecule is N=C(N)c1cccc(NS(=O)(=O)CCc2ccc(-c3ccccc3S(N)(=O)=O)cc2)c1.O=C(O)C(F)(F)F. The van der Waals surface area contributed by atoms with Gasteiger partial charge in [-0.15, -0.1) is 0 Å². The molecule has 0 atom stereocenters. The van der Waals surface area contributed by atoms with Crippen molar-refractivity contribution in [1.82, 2.24) is 0 Å². The van der Waals surface area contributed by atoms with Crippen LogP contribution in [0.25, 0.3) is 11.1 Å². The van der Waals surface area contributed by atoms with E-state index in [0.717, 1.165) is 5.56 Å². The number of nitrogens with one attached hydrogen (secondary N) is 2. The minimum atomic E-state index is -5.08. The van der Waals surface area contributed by atoms with Gasteiger partial charge in [-0.05, 0) is 35.7 Å². The highest BCUT2D eigenvalue weighted by Gasteiger charge is 2.38. The number of sulfonamides is 2. The van der Waals surface area contributed by atoms with Crippen LogP contribution in [0.3, 0.4) is 0 Å². The largest absolute Gasteiger partial charge is 0.490 e. The summed E-state index contributed by atoms with van der Waals surface area (Å²) in [7, 11) is -7.49. The summed E-state index contributed by atoms with van der Waals surface area (Å²) >= 11 is 0. The van der Waals surface area contributed by atoms with E-state index in [1.165, 1.54) is 12.1 Å². The standard InChI is InChI=1S/C21H22N4O4S2.C2HF3O2/c22-21(23)17-4-3-5-18(14-17)25-30(26,27)13-12-15-8-10-16(11-9-15)19-6-1-2-7-20(19)31(24,28)29;3-2(4,5)1(6)7/h1-11,14,25H,12-13H2,(H3,22,23)(H2,24,28,29);(H,6,7). The molecule has 3 aromatic rings. The third kappa shape index (κ3) is 9.17. The number of nitrogen functional groups attached to an aromatic ring is 1. The van der Waals surface area contributed by atoms with E-state index in [2.05, 4.69) is 4.72 Å². The summed E-state index contributed by atoms with van der Waals surface area (Å²) < 4.78 is 82.7. The van der Waals surface area contributed by atoms with E-state index in [1.807, 2.05) is 0 Å². The highest BCUT2D eigenvalue weighted by molar-refractivity contribution is 7.92. The van der Waals surface area contributed by atoms with E-state index >= 15 is 0 Å². The van der Waals surface area contributed by atoms with Crippen LogP contribution in [0.4, 0.5) is 18.9 Å². The lowest BCUT2D eigenvalue weighted by atomic mass is 10.0. The van der Waals surface area contributed by atoms with Gasteiger partial charge in [0.2, 0.25) is 20.0 Å². The molecule has 0 aliphatic rings. The summed E-state index contributed by atoms with van der Waals surface area (Å²) in [6, 6.07) is 19.7. The first-order chi connectivity index (χ1) is 17.5. The number of rotatable bonds is 8. The van der Waals surface area contributed by atoms with Gasteiger partial charge in [-0.2, -0.15) is 13.2 Å². The van der Waals surface area contributed by atoms with Crippen LogP contribution < -0.4 is 15.6 Å². The molecule has 0 saturated heterocycles. The Morgan fingerprint density at radius 2 is 1.53 bits per heavy atom. The first kappa shape index (κ1) is 30.3. The summed E-state index contributed by atoms with van der Waals surface area (Å²) in [5.74, 6) is -3.05. The molecule has 0 aromatic heterocycles. The predicted molar refractivity (Wildman–Crippen MR) is 136 cm³/mol. The van der Waals surface area contributed by atoms with Crippen LogP contribution in [-0.2, 0) is 31.3 Å². The molecular weight excluding hydrogens is 549 g/mol. The van der Waals surface area contributed by atoms with Gasteiger partial charge < -0.3 is 10.8 Å². The second-order valence-corrected chi connectivity index (χ2v) is 11.1. The number of halogens is 3. The number of carbonyl (C=O) groups is 1. The van der Waals surface area contributed by atoms with Crippen molar-refractivity contribution < 1.29 is 39.9 Å². The number of aryl methyl sites for hydroxylation is 1. The average Bonchev–Trinajstić information content (AvgIpc) is 2.82. The maximum atomic E-state index is 12.4. The highest BCUT2D eigenvalue weighted by Crippen LogP contribution is 2.27. The first-order valence-electron chi connectivity index (χ1n) is 10.5. The van der Waals surface area contributed by atoms with E-state index < -0.39 is 32.2 Å². The fraction of sp³-hybridized carbons (Fsp3) is 0.130. The van der Waals surface area contributed by atoms with Crippen molar-refractivity contribution in [2.24, 2.45) is 10.9 Å². The van der Waals surface area contributed by atoms with Crippen LogP contribution >= 0.6 is 0 Å². The van der Waals surface area contributed by atoms with E-state index in [1.54, 1.807) is 60.7 Å². The molecule has 0 radical (unpaired) electrons. The maximum Gasteiger partial charge on any atom is 0.490 e. The molecule has 0 saturated carbocycles. The molecule has 0 spiro atoms. The van der Waals surface area contributed by atoms with E-state index in [-0.39, 0.29) is 22.9 Å². The van der Waals surface area contributed by atoms with Gasteiger partial charge in [0.1, 0.15) is 5.84 Å². The number of primary sulfonamides is 1. The number of hydrogen-bond acceptors (Lipinski definition) is 6. The quantitative estimate of drug-likeness (QED) is 0.202. The van der Waals surface area contributed by atoms with Gasteiger partial charge in [-0.3, -0.25) is 10.1 Å². The molecular formula is C23H23F3N4O6S2. The third-order valence-electron chi connectivity index (χ3n) is 4.81. The van der Waals surface area contributed by atoms with E-state index in [0.29, 0.717) is 22.4 Å². The van der Waals surface area contributed by atoms with Crippen molar-refractivity contribution in [3.05, 3.63) is 83.9 Å². The molecule has 0 fully saturated rings. The second kappa shape index (κ2) is 12.1. The van der Waals surface area contributed by atoms with Gasteiger partial charge in [-0.25, -0.2) is 26.8 Å². The third-order valence-corrected chi connectivity index (χ3v) is 7.06. The molecule has 0 heterocycles. The van der Waals surface area contributed by atoms with Crippen LogP contribution in [-0.4, -0.2) is 45.7 Å². The van der Waals surface area contributed by atoms with Gasteiger partial charge >= 0.3 is 12.1 Å². The van der Waals surface area contributed by atoms with Gasteiger partial charge in [-0.1, -0.05) is 54.6 Å². The highest BCUT2D eigenvalue weighted by atomic mass is 32.2. The average molecular weight is 573 g/mol. The van der Waals surface area contributed by atoms with Crippen LogP contribution in [0, 0.1) is 5.41 Å². The first-order valence-corrected chi connectivity index (χ1v) is 13.7. The monoisotopic (exact) mass is 572 g/mol. The van der Waals surface area contributed by atoms with E-state index in [4.69, 9.17) is 26.2 Å². The van der Waals surface area contributed by atoms with Crippen LogP contribution in [0.15, 0.2) is 77.7 Å². The summed E-state index contributed by atoms with van der Waals surface area (Å²) in [5, 5.41) is 19.9. The number of alkyl halides is 3. The molecule has 0 amide bonds.